The molecule has 1 atom stereocenters. The molecule has 0 saturated carbocycles. The molecule has 138 valence electrons. The van der Waals surface area contributed by atoms with Crippen LogP contribution in [-0.2, 0) is 10.5 Å². The highest BCUT2D eigenvalue weighted by molar-refractivity contribution is 5.70. The van der Waals surface area contributed by atoms with Gasteiger partial charge in [-0.15, -0.1) is 0 Å². The fourth-order valence-electron chi connectivity index (χ4n) is 2.76. The smallest absolute Gasteiger partial charge is 0.269 e. The Hall–Kier alpha value is -2.81. The number of piperazine rings is 1. The molecule has 1 saturated heterocycles. The highest BCUT2D eigenvalue weighted by Crippen LogP contribution is 2.36. The van der Waals surface area contributed by atoms with Gasteiger partial charge in [0.05, 0.1) is 4.92 Å². The summed E-state index contributed by atoms with van der Waals surface area (Å²) in [5, 5.41) is 10.8. The van der Waals surface area contributed by atoms with Gasteiger partial charge in [0, 0.05) is 43.9 Å². The highest BCUT2D eigenvalue weighted by atomic mass is 19.1. The standard InChI is InChI=1S/C17H19FN4O4/c1-17(18,11-23)14-16(21-9-7-20(2)8-10-21)26-15(19-14)12-3-5-13(6-4-12)22(24)25/h3-6,11H,7-10H2,1-2H3. The first-order valence-corrected chi connectivity index (χ1v) is 8.16. The predicted octanol–water partition coefficient (Wildman–Crippen LogP) is 2.39. The van der Waals surface area contributed by atoms with Crippen molar-refractivity contribution in [2.75, 3.05) is 38.1 Å². The third kappa shape index (κ3) is 3.43. The fourth-order valence-corrected chi connectivity index (χ4v) is 2.76. The lowest BCUT2D eigenvalue weighted by atomic mass is 10.1. The summed E-state index contributed by atoms with van der Waals surface area (Å²) in [4.78, 5) is 29.7. The van der Waals surface area contributed by atoms with Crippen LogP contribution in [0.2, 0.25) is 0 Å². The molecule has 1 aliphatic rings. The van der Waals surface area contributed by atoms with Crippen LogP contribution in [0.25, 0.3) is 11.5 Å². The molecular formula is C17H19FN4O4. The van der Waals surface area contributed by atoms with Crippen molar-refractivity contribution in [2.45, 2.75) is 12.6 Å². The predicted molar refractivity (Wildman–Crippen MR) is 92.8 cm³/mol. The van der Waals surface area contributed by atoms with E-state index in [1.165, 1.54) is 24.3 Å². The van der Waals surface area contributed by atoms with Gasteiger partial charge in [-0.2, -0.15) is 0 Å². The number of hydrogen-bond acceptors (Lipinski definition) is 7. The zero-order valence-electron chi connectivity index (χ0n) is 14.5. The number of carbonyl (C=O) groups is 1. The zero-order chi connectivity index (χ0) is 18.9. The molecule has 1 aromatic heterocycles. The van der Waals surface area contributed by atoms with E-state index in [4.69, 9.17) is 4.42 Å². The molecule has 2 aromatic rings. The molecule has 0 amide bonds. The van der Waals surface area contributed by atoms with Gasteiger partial charge in [-0.05, 0) is 26.1 Å². The van der Waals surface area contributed by atoms with Crippen molar-refractivity contribution in [3.05, 3.63) is 40.1 Å². The molecule has 9 heteroatoms. The second-order valence-corrected chi connectivity index (χ2v) is 6.46. The molecule has 0 radical (unpaired) electrons. The zero-order valence-corrected chi connectivity index (χ0v) is 14.5. The van der Waals surface area contributed by atoms with Gasteiger partial charge < -0.3 is 14.2 Å². The molecule has 1 fully saturated rings. The topological polar surface area (TPSA) is 92.7 Å². The lowest BCUT2D eigenvalue weighted by Crippen LogP contribution is -2.45. The Morgan fingerprint density at radius 2 is 1.88 bits per heavy atom. The minimum absolute atomic E-state index is 0.0666. The number of non-ortho nitro benzene ring substituents is 1. The van der Waals surface area contributed by atoms with Crippen molar-refractivity contribution in [3.8, 4) is 11.5 Å². The number of oxazole rings is 1. The van der Waals surface area contributed by atoms with Crippen LogP contribution < -0.4 is 4.90 Å². The Bertz CT molecular complexity index is 811. The summed E-state index contributed by atoms with van der Waals surface area (Å²) in [5.74, 6) is 0.345. The quantitative estimate of drug-likeness (QED) is 0.458. The number of carbonyl (C=O) groups excluding carboxylic acids is 1. The average molecular weight is 362 g/mol. The number of hydrogen-bond donors (Lipinski definition) is 0. The van der Waals surface area contributed by atoms with Crippen LogP contribution in [0.3, 0.4) is 0 Å². The van der Waals surface area contributed by atoms with Gasteiger partial charge in [-0.3, -0.25) is 14.9 Å². The van der Waals surface area contributed by atoms with Crippen molar-refractivity contribution >= 4 is 17.9 Å². The lowest BCUT2D eigenvalue weighted by Gasteiger charge is -2.33. The normalized spacial score (nSPS) is 17.7. The molecule has 1 aromatic carbocycles. The summed E-state index contributed by atoms with van der Waals surface area (Å²) >= 11 is 0. The number of anilines is 1. The van der Waals surface area contributed by atoms with Crippen LogP contribution in [0.15, 0.2) is 28.7 Å². The summed E-state index contributed by atoms with van der Waals surface area (Å²) in [6.07, 6.45) is 0.198. The summed E-state index contributed by atoms with van der Waals surface area (Å²) in [6.45, 7) is 3.92. The van der Waals surface area contributed by atoms with E-state index in [9.17, 15) is 19.3 Å². The molecule has 1 unspecified atom stereocenters. The van der Waals surface area contributed by atoms with Crippen LogP contribution >= 0.6 is 0 Å². The Morgan fingerprint density at radius 1 is 1.27 bits per heavy atom. The van der Waals surface area contributed by atoms with E-state index < -0.39 is 10.6 Å². The van der Waals surface area contributed by atoms with Crippen LogP contribution in [0, 0.1) is 10.1 Å². The third-order valence-electron chi connectivity index (χ3n) is 4.41. The lowest BCUT2D eigenvalue weighted by molar-refractivity contribution is -0.384. The van der Waals surface area contributed by atoms with Crippen LogP contribution in [0.5, 0.6) is 0 Å². The van der Waals surface area contributed by atoms with Gasteiger partial charge >= 0.3 is 0 Å². The van der Waals surface area contributed by atoms with E-state index in [2.05, 4.69) is 9.88 Å². The molecule has 0 aliphatic carbocycles. The van der Waals surface area contributed by atoms with Crippen LogP contribution in [-0.4, -0.2) is 54.3 Å². The minimum Gasteiger partial charge on any atom is -0.420 e. The molecule has 0 N–H and O–H groups in total. The van der Waals surface area contributed by atoms with E-state index >= 15 is 0 Å². The van der Waals surface area contributed by atoms with Gasteiger partial charge in [0.2, 0.25) is 17.4 Å². The van der Waals surface area contributed by atoms with Gasteiger partial charge in [-0.1, -0.05) is 0 Å². The molecule has 1 aliphatic heterocycles. The summed E-state index contributed by atoms with van der Waals surface area (Å²) < 4.78 is 20.5. The first-order valence-electron chi connectivity index (χ1n) is 8.16. The number of rotatable bonds is 5. The number of likely N-dealkylation sites (N-methyl/N-ethyl adjacent to an activating group) is 1. The van der Waals surface area contributed by atoms with E-state index in [-0.39, 0.29) is 29.4 Å². The number of nitro benzene ring substituents is 1. The van der Waals surface area contributed by atoms with Gasteiger partial charge in [0.25, 0.3) is 5.69 Å². The molecule has 0 spiro atoms. The highest BCUT2D eigenvalue weighted by Gasteiger charge is 2.36. The number of alkyl halides is 1. The van der Waals surface area contributed by atoms with Crippen LogP contribution in [0.4, 0.5) is 16.0 Å². The number of aldehydes is 1. The molecule has 3 rings (SSSR count). The number of halogens is 1. The van der Waals surface area contributed by atoms with Crippen molar-refractivity contribution in [1.29, 1.82) is 0 Å². The number of nitrogens with zero attached hydrogens (tertiary/aromatic N) is 4. The second-order valence-electron chi connectivity index (χ2n) is 6.46. The maximum atomic E-state index is 14.7. The molecular weight excluding hydrogens is 343 g/mol. The number of nitro groups is 1. The molecule has 26 heavy (non-hydrogen) atoms. The fraction of sp³-hybridized carbons (Fsp3) is 0.412. The van der Waals surface area contributed by atoms with Gasteiger partial charge in [0.1, 0.15) is 5.69 Å². The SMILES string of the molecule is CN1CCN(c2oc(-c3ccc([N+](=O)[O-])cc3)nc2C(C)(F)C=O)CC1. The first-order chi connectivity index (χ1) is 12.3. The van der Waals surface area contributed by atoms with E-state index in [0.717, 1.165) is 20.0 Å². The largest absolute Gasteiger partial charge is 0.420 e. The maximum Gasteiger partial charge on any atom is 0.269 e. The van der Waals surface area contributed by atoms with E-state index in [0.29, 0.717) is 18.7 Å². The van der Waals surface area contributed by atoms with Gasteiger partial charge in [0.15, 0.2) is 6.29 Å². The summed E-state index contributed by atoms with van der Waals surface area (Å²) in [7, 11) is 1.99. The number of benzene rings is 1. The van der Waals surface area contributed by atoms with Crippen molar-refractivity contribution in [1.82, 2.24) is 9.88 Å². The Morgan fingerprint density at radius 3 is 2.42 bits per heavy atom. The molecule has 2 heterocycles. The second kappa shape index (κ2) is 6.83. The first kappa shape index (κ1) is 18.0. The Labute approximate surface area is 149 Å². The van der Waals surface area contributed by atoms with Crippen molar-refractivity contribution in [2.24, 2.45) is 0 Å². The third-order valence-corrected chi connectivity index (χ3v) is 4.41. The Kier molecular flexibility index (Phi) is 4.73. The van der Waals surface area contributed by atoms with E-state index in [1.807, 2.05) is 11.9 Å². The number of aromatic nitrogens is 1. The monoisotopic (exact) mass is 362 g/mol. The summed E-state index contributed by atoms with van der Waals surface area (Å²) in [6, 6.07) is 5.61. The maximum absolute atomic E-state index is 14.7. The van der Waals surface area contributed by atoms with Crippen molar-refractivity contribution in [3.63, 3.8) is 0 Å². The van der Waals surface area contributed by atoms with Crippen LogP contribution in [0.1, 0.15) is 12.6 Å². The van der Waals surface area contributed by atoms with Gasteiger partial charge in [-0.25, -0.2) is 9.37 Å². The average Bonchev–Trinajstić information content (AvgIpc) is 3.08. The van der Waals surface area contributed by atoms with Crippen molar-refractivity contribution < 1.29 is 18.5 Å². The van der Waals surface area contributed by atoms with E-state index in [1.54, 1.807) is 0 Å². The minimum atomic E-state index is -2.29. The molecule has 8 nitrogen and oxygen atoms in total. The Balaban J connectivity index is 2.00. The summed E-state index contributed by atoms with van der Waals surface area (Å²) in [5.41, 5.74) is -1.96. The molecule has 0 bridgehead atoms.